The smallest absolute Gasteiger partial charge is 0.236 e. The number of anilines is 1. The van der Waals surface area contributed by atoms with Crippen LogP contribution < -0.4 is 10.1 Å². The minimum atomic E-state index is -0.290. The predicted octanol–water partition coefficient (Wildman–Crippen LogP) is 5.49. The largest absolute Gasteiger partial charge is 0.497 e. The molecule has 2 aromatic carbocycles. The van der Waals surface area contributed by atoms with E-state index < -0.39 is 0 Å². The van der Waals surface area contributed by atoms with Gasteiger partial charge in [0.2, 0.25) is 5.91 Å². The fourth-order valence-corrected chi connectivity index (χ4v) is 6.16. The Bertz CT molecular complexity index is 1710. The summed E-state index contributed by atoms with van der Waals surface area (Å²) in [5.41, 5.74) is 3.22. The van der Waals surface area contributed by atoms with Crippen molar-refractivity contribution in [3.05, 3.63) is 60.0 Å². The van der Waals surface area contributed by atoms with Crippen molar-refractivity contribution in [2.45, 2.75) is 5.16 Å². The van der Waals surface area contributed by atoms with Crippen LogP contribution in [0.3, 0.4) is 0 Å². The summed E-state index contributed by atoms with van der Waals surface area (Å²) in [5, 5.41) is 15.4. The highest BCUT2D eigenvalue weighted by Gasteiger charge is 2.17. The number of ether oxygens (including phenoxy) is 1. The van der Waals surface area contributed by atoms with E-state index in [1.54, 1.807) is 30.0 Å². The first-order valence-corrected chi connectivity index (χ1v) is 13.0. The maximum atomic E-state index is 13.4. The highest BCUT2D eigenvalue weighted by molar-refractivity contribution is 7.99. The zero-order chi connectivity index (χ0) is 23.9. The average molecular weight is 523 g/mol. The van der Waals surface area contributed by atoms with Gasteiger partial charge in [-0.25, -0.2) is 14.4 Å². The molecule has 8 nitrogen and oxygen atoms in total. The van der Waals surface area contributed by atoms with Gasteiger partial charge in [0, 0.05) is 10.9 Å². The van der Waals surface area contributed by atoms with E-state index in [1.165, 1.54) is 46.6 Å². The zero-order valence-electron chi connectivity index (χ0n) is 18.1. The number of amides is 1. The molecule has 0 aliphatic rings. The maximum absolute atomic E-state index is 13.4. The average Bonchev–Trinajstić information content (AvgIpc) is 3.58. The van der Waals surface area contributed by atoms with Gasteiger partial charge in [0.1, 0.15) is 22.7 Å². The third kappa shape index (κ3) is 4.09. The highest BCUT2D eigenvalue weighted by atomic mass is 32.2. The standard InChI is InChI=1S/C23H15FN6O2S3/c1-32-14-6-7-16-17(8-14)35-22(26-16)27-18(31)10-34-23-29-28-20-19-15(12-2-4-13(24)5-3-12)9-33-21(19)25-11-30(20)23/h2-9,11H,10H2,1H3,(H,26,27,31). The second kappa shape index (κ2) is 8.87. The van der Waals surface area contributed by atoms with Crippen molar-refractivity contribution < 1.29 is 13.9 Å². The Balaban J connectivity index is 1.23. The summed E-state index contributed by atoms with van der Waals surface area (Å²) in [7, 11) is 1.61. The third-order valence-corrected chi connectivity index (χ3v) is 8.04. The lowest BCUT2D eigenvalue weighted by molar-refractivity contribution is -0.113. The zero-order valence-corrected chi connectivity index (χ0v) is 20.5. The highest BCUT2D eigenvalue weighted by Crippen LogP contribution is 2.36. The molecule has 35 heavy (non-hydrogen) atoms. The fraction of sp³-hybridized carbons (Fsp3) is 0.0870. The molecule has 0 spiro atoms. The van der Waals surface area contributed by atoms with Crippen molar-refractivity contribution in [3.63, 3.8) is 0 Å². The van der Waals surface area contributed by atoms with Gasteiger partial charge in [-0.3, -0.25) is 9.20 Å². The Morgan fingerprint density at radius 1 is 1.20 bits per heavy atom. The molecule has 4 heterocycles. The molecule has 0 saturated heterocycles. The normalized spacial score (nSPS) is 11.5. The number of thioether (sulfide) groups is 1. The lowest BCUT2D eigenvalue weighted by Gasteiger charge is -2.03. The topological polar surface area (TPSA) is 94.3 Å². The van der Waals surface area contributed by atoms with E-state index in [1.807, 2.05) is 23.6 Å². The SMILES string of the molecule is COc1ccc2nc(NC(=O)CSc3nnc4c5c(-c6ccc(F)cc6)csc5ncn34)sc2c1. The van der Waals surface area contributed by atoms with E-state index in [2.05, 4.69) is 25.5 Å². The van der Waals surface area contributed by atoms with E-state index in [-0.39, 0.29) is 17.5 Å². The van der Waals surface area contributed by atoms with Gasteiger partial charge in [-0.1, -0.05) is 35.2 Å². The Hall–Kier alpha value is -3.61. The van der Waals surface area contributed by atoms with Gasteiger partial charge in [0.05, 0.1) is 28.5 Å². The van der Waals surface area contributed by atoms with E-state index in [9.17, 15) is 9.18 Å². The Labute approximate surface area is 209 Å². The molecule has 4 aromatic heterocycles. The predicted molar refractivity (Wildman–Crippen MR) is 137 cm³/mol. The fourth-order valence-electron chi connectivity index (χ4n) is 3.63. The number of hydrogen-bond donors (Lipinski definition) is 1. The first kappa shape index (κ1) is 21.9. The minimum Gasteiger partial charge on any atom is -0.497 e. The molecule has 0 aliphatic carbocycles. The molecule has 1 N–H and O–H groups in total. The number of rotatable bonds is 6. The van der Waals surface area contributed by atoms with Gasteiger partial charge in [0.15, 0.2) is 15.9 Å². The number of fused-ring (bicyclic) bond motifs is 4. The Morgan fingerprint density at radius 2 is 2.06 bits per heavy atom. The number of aromatic nitrogens is 5. The quantitative estimate of drug-likeness (QED) is 0.289. The summed E-state index contributed by atoms with van der Waals surface area (Å²) in [6, 6.07) is 11.9. The van der Waals surface area contributed by atoms with Crippen LogP contribution in [-0.4, -0.2) is 43.3 Å². The van der Waals surface area contributed by atoms with Crippen molar-refractivity contribution in [1.82, 2.24) is 24.6 Å². The number of benzene rings is 2. The van der Waals surface area contributed by atoms with Crippen molar-refractivity contribution in [2.24, 2.45) is 0 Å². The number of methoxy groups -OCH3 is 1. The van der Waals surface area contributed by atoms with Gasteiger partial charge in [-0.05, 0) is 35.9 Å². The molecule has 6 rings (SSSR count). The first-order valence-electron chi connectivity index (χ1n) is 10.3. The van der Waals surface area contributed by atoms with Gasteiger partial charge >= 0.3 is 0 Å². The van der Waals surface area contributed by atoms with Crippen LogP contribution in [0.2, 0.25) is 0 Å². The lowest BCUT2D eigenvalue weighted by atomic mass is 10.1. The summed E-state index contributed by atoms with van der Waals surface area (Å²) in [6.07, 6.45) is 1.66. The molecule has 0 aliphatic heterocycles. The third-order valence-electron chi connectivity index (χ3n) is 5.28. The molecule has 1 amide bonds. The molecule has 0 bridgehead atoms. The number of halogens is 1. The lowest BCUT2D eigenvalue weighted by Crippen LogP contribution is -2.14. The van der Waals surface area contributed by atoms with Gasteiger partial charge in [0.25, 0.3) is 0 Å². The van der Waals surface area contributed by atoms with Crippen LogP contribution in [0.1, 0.15) is 0 Å². The van der Waals surface area contributed by atoms with Crippen LogP contribution in [0, 0.1) is 5.82 Å². The maximum Gasteiger partial charge on any atom is 0.236 e. The van der Waals surface area contributed by atoms with Crippen LogP contribution in [0.25, 0.3) is 37.2 Å². The van der Waals surface area contributed by atoms with Gasteiger partial charge in [-0.2, -0.15) is 0 Å². The van der Waals surface area contributed by atoms with Gasteiger partial charge < -0.3 is 10.1 Å². The Morgan fingerprint density at radius 3 is 2.89 bits per heavy atom. The van der Waals surface area contributed by atoms with Crippen molar-refractivity contribution in [2.75, 3.05) is 18.2 Å². The summed E-state index contributed by atoms with van der Waals surface area (Å²) in [5.74, 6) is 0.382. The summed E-state index contributed by atoms with van der Waals surface area (Å²) in [6.45, 7) is 0. The van der Waals surface area contributed by atoms with Crippen LogP contribution in [0.15, 0.2) is 59.3 Å². The Kier molecular flexibility index (Phi) is 5.55. The molecule has 0 saturated carbocycles. The van der Waals surface area contributed by atoms with E-state index >= 15 is 0 Å². The molecule has 0 unspecified atom stereocenters. The van der Waals surface area contributed by atoms with Crippen LogP contribution in [-0.2, 0) is 4.79 Å². The molecular formula is C23H15FN6O2S3. The van der Waals surface area contributed by atoms with E-state index in [4.69, 9.17) is 4.74 Å². The van der Waals surface area contributed by atoms with Gasteiger partial charge in [-0.15, -0.1) is 21.5 Å². The monoisotopic (exact) mass is 522 g/mol. The van der Waals surface area contributed by atoms with Crippen molar-refractivity contribution in [3.8, 4) is 16.9 Å². The van der Waals surface area contributed by atoms with E-state index in [0.29, 0.717) is 15.9 Å². The summed E-state index contributed by atoms with van der Waals surface area (Å²) >= 11 is 4.14. The number of thiophene rings is 1. The molecule has 0 atom stereocenters. The molecular weight excluding hydrogens is 507 g/mol. The number of hydrogen-bond acceptors (Lipinski definition) is 9. The number of carbonyl (C=O) groups is 1. The molecule has 12 heteroatoms. The van der Waals surface area contributed by atoms with Crippen LogP contribution in [0.5, 0.6) is 5.75 Å². The van der Waals surface area contributed by atoms with Crippen LogP contribution in [0.4, 0.5) is 9.52 Å². The molecule has 0 radical (unpaired) electrons. The van der Waals surface area contributed by atoms with Crippen LogP contribution >= 0.6 is 34.4 Å². The number of nitrogens with one attached hydrogen (secondary N) is 1. The first-order chi connectivity index (χ1) is 17.1. The van der Waals surface area contributed by atoms with E-state index in [0.717, 1.165) is 37.3 Å². The molecule has 174 valence electrons. The number of nitrogens with zero attached hydrogens (tertiary/aromatic N) is 5. The molecule has 0 fully saturated rings. The molecule has 6 aromatic rings. The summed E-state index contributed by atoms with van der Waals surface area (Å²) in [4.78, 5) is 22.4. The number of thiazole rings is 1. The number of carbonyl (C=O) groups excluding carboxylic acids is 1. The minimum absolute atomic E-state index is 0.131. The second-order valence-electron chi connectivity index (χ2n) is 7.45. The van der Waals surface area contributed by atoms with Crippen molar-refractivity contribution >= 4 is 71.6 Å². The second-order valence-corrected chi connectivity index (χ2v) is 10.3. The summed E-state index contributed by atoms with van der Waals surface area (Å²) < 4.78 is 21.3. The van der Waals surface area contributed by atoms with Crippen molar-refractivity contribution in [1.29, 1.82) is 0 Å².